The average Bonchev–Trinajstić information content (AvgIpc) is 2.54. The monoisotopic (exact) mass is 402 g/mol. The predicted molar refractivity (Wildman–Crippen MR) is 94.6 cm³/mol. The van der Waals surface area contributed by atoms with Crippen LogP contribution in [-0.4, -0.2) is 40.2 Å². The van der Waals surface area contributed by atoms with Crippen molar-refractivity contribution in [3.8, 4) is 0 Å². The highest BCUT2D eigenvalue weighted by Crippen LogP contribution is 2.39. The number of nitrogens with zero attached hydrogens (tertiary/aromatic N) is 2. The van der Waals surface area contributed by atoms with Gasteiger partial charge in [0.2, 0.25) is 0 Å². The van der Waals surface area contributed by atoms with Gasteiger partial charge in [0.15, 0.2) is 0 Å². The second-order valence-electron chi connectivity index (χ2n) is 8.15. The number of rotatable bonds is 4. The summed E-state index contributed by atoms with van der Waals surface area (Å²) in [5.41, 5.74) is -2.82. The Kier molecular flexibility index (Phi) is 5.96. The summed E-state index contributed by atoms with van der Waals surface area (Å²) in [4.78, 5) is 29.3. The molecule has 0 aromatic carbocycles. The first-order valence-corrected chi connectivity index (χ1v) is 8.92. The van der Waals surface area contributed by atoms with Crippen LogP contribution < -0.4 is 0 Å². The van der Waals surface area contributed by atoms with Gasteiger partial charge in [-0.25, -0.2) is 14.6 Å². The number of aromatic nitrogens is 1. The Labute approximate surface area is 162 Å². The summed E-state index contributed by atoms with van der Waals surface area (Å²) in [5, 5.41) is 0. The smallest absolute Gasteiger partial charge is 0.433 e. The predicted octanol–water partition coefficient (Wildman–Crippen LogP) is 4.57. The number of alkyl halides is 3. The molecule has 2 rings (SSSR count). The molecular formula is C19H25F3N2O4. The Hall–Kier alpha value is -2.32. The van der Waals surface area contributed by atoms with E-state index in [4.69, 9.17) is 4.74 Å². The van der Waals surface area contributed by atoms with E-state index in [-0.39, 0.29) is 12.1 Å². The standard InChI is InChI=1S/C19H25F3N2O4/c1-17(2,3)28-16(26)24(18(4)7-6-8-18)11-12-9-13(15(25)27-5)23-14(10-12)19(20,21)22/h9-10H,6-8,11H2,1-5H3. The van der Waals surface area contributed by atoms with Crippen molar-refractivity contribution in [3.05, 3.63) is 29.1 Å². The van der Waals surface area contributed by atoms with Gasteiger partial charge in [0.05, 0.1) is 7.11 Å². The van der Waals surface area contributed by atoms with Gasteiger partial charge < -0.3 is 9.47 Å². The van der Waals surface area contributed by atoms with Crippen molar-refractivity contribution in [1.29, 1.82) is 0 Å². The molecule has 1 heterocycles. The van der Waals surface area contributed by atoms with Crippen molar-refractivity contribution in [3.63, 3.8) is 0 Å². The maximum atomic E-state index is 13.2. The second-order valence-corrected chi connectivity index (χ2v) is 8.15. The van der Waals surface area contributed by atoms with Gasteiger partial charge >= 0.3 is 18.2 Å². The van der Waals surface area contributed by atoms with Crippen molar-refractivity contribution in [2.24, 2.45) is 0 Å². The molecule has 0 unspecified atom stereocenters. The van der Waals surface area contributed by atoms with Crippen molar-refractivity contribution in [2.45, 2.75) is 70.8 Å². The maximum absolute atomic E-state index is 13.2. The molecule has 0 bridgehead atoms. The van der Waals surface area contributed by atoms with Crippen LogP contribution in [0.2, 0.25) is 0 Å². The summed E-state index contributed by atoms with van der Waals surface area (Å²) in [5.74, 6) is -0.981. The van der Waals surface area contributed by atoms with Crippen LogP contribution >= 0.6 is 0 Å². The van der Waals surface area contributed by atoms with Crippen LogP contribution in [0, 0.1) is 0 Å². The summed E-state index contributed by atoms with van der Waals surface area (Å²) in [6, 6.07) is 2.05. The first kappa shape index (κ1) is 22.0. The zero-order valence-corrected chi connectivity index (χ0v) is 16.6. The molecule has 1 saturated carbocycles. The molecule has 0 N–H and O–H groups in total. The fourth-order valence-electron chi connectivity index (χ4n) is 2.97. The highest BCUT2D eigenvalue weighted by atomic mass is 19.4. The van der Waals surface area contributed by atoms with E-state index < -0.39 is 40.8 Å². The number of halogens is 3. The summed E-state index contributed by atoms with van der Waals surface area (Å²) in [6.07, 6.45) is -3.01. The van der Waals surface area contributed by atoms with Crippen LogP contribution in [0.3, 0.4) is 0 Å². The van der Waals surface area contributed by atoms with E-state index in [2.05, 4.69) is 9.72 Å². The number of esters is 1. The van der Waals surface area contributed by atoms with Crippen molar-refractivity contribution >= 4 is 12.1 Å². The normalized spacial score (nSPS) is 16.1. The lowest BCUT2D eigenvalue weighted by Crippen LogP contribution is -2.54. The SMILES string of the molecule is COC(=O)c1cc(CN(C(=O)OC(C)(C)C)C2(C)CCC2)cc(C(F)(F)F)n1. The third kappa shape index (κ3) is 5.14. The lowest BCUT2D eigenvalue weighted by Gasteiger charge is -2.47. The number of hydrogen-bond acceptors (Lipinski definition) is 5. The largest absolute Gasteiger partial charge is 0.464 e. The molecule has 1 amide bonds. The van der Waals surface area contributed by atoms with Crippen LogP contribution in [0.4, 0.5) is 18.0 Å². The summed E-state index contributed by atoms with van der Waals surface area (Å²) >= 11 is 0. The third-order valence-electron chi connectivity index (χ3n) is 4.61. The minimum absolute atomic E-state index is 0.127. The molecule has 0 spiro atoms. The van der Waals surface area contributed by atoms with Crippen LogP contribution in [0.5, 0.6) is 0 Å². The summed E-state index contributed by atoms with van der Waals surface area (Å²) in [7, 11) is 1.06. The number of carbonyl (C=O) groups is 2. The van der Waals surface area contributed by atoms with E-state index in [1.807, 2.05) is 6.92 Å². The van der Waals surface area contributed by atoms with Crippen molar-refractivity contribution in [1.82, 2.24) is 9.88 Å². The summed E-state index contributed by atoms with van der Waals surface area (Å²) in [6.45, 7) is 6.88. The molecule has 1 aliphatic carbocycles. The molecule has 156 valence electrons. The van der Waals surface area contributed by atoms with Gasteiger partial charge in [-0.15, -0.1) is 0 Å². The molecule has 28 heavy (non-hydrogen) atoms. The molecule has 1 aliphatic rings. The van der Waals surface area contributed by atoms with Crippen molar-refractivity contribution < 1.29 is 32.2 Å². The van der Waals surface area contributed by atoms with Crippen LogP contribution in [0.15, 0.2) is 12.1 Å². The van der Waals surface area contributed by atoms with Crippen LogP contribution in [0.25, 0.3) is 0 Å². The lowest BCUT2D eigenvalue weighted by atomic mass is 9.77. The fourth-order valence-corrected chi connectivity index (χ4v) is 2.97. The van der Waals surface area contributed by atoms with E-state index in [9.17, 15) is 22.8 Å². The van der Waals surface area contributed by atoms with Gasteiger partial charge in [0.1, 0.15) is 17.0 Å². The number of pyridine rings is 1. The summed E-state index contributed by atoms with van der Waals surface area (Å²) < 4.78 is 49.6. The van der Waals surface area contributed by atoms with Gasteiger partial charge in [-0.05, 0) is 64.7 Å². The Morgan fingerprint density at radius 2 is 1.82 bits per heavy atom. The average molecular weight is 402 g/mol. The quantitative estimate of drug-likeness (QED) is 0.691. The van der Waals surface area contributed by atoms with E-state index >= 15 is 0 Å². The topological polar surface area (TPSA) is 68.7 Å². The third-order valence-corrected chi connectivity index (χ3v) is 4.61. The molecule has 9 heteroatoms. The van der Waals surface area contributed by atoms with E-state index in [0.717, 1.165) is 19.6 Å². The van der Waals surface area contributed by atoms with Crippen LogP contribution in [0.1, 0.15) is 68.7 Å². The zero-order valence-electron chi connectivity index (χ0n) is 16.6. The Morgan fingerprint density at radius 3 is 2.25 bits per heavy atom. The minimum atomic E-state index is -4.74. The number of ether oxygens (including phenoxy) is 2. The van der Waals surface area contributed by atoms with Gasteiger partial charge in [0.25, 0.3) is 0 Å². The highest BCUT2D eigenvalue weighted by molar-refractivity contribution is 5.87. The maximum Gasteiger partial charge on any atom is 0.433 e. The van der Waals surface area contributed by atoms with Crippen molar-refractivity contribution in [2.75, 3.05) is 7.11 Å². The molecule has 1 aromatic rings. The van der Waals surface area contributed by atoms with Gasteiger partial charge in [-0.3, -0.25) is 4.90 Å². The first-order valence-electron chi connectivity index (χ1n) is 8.92. The second kappa shape index (κ2) is 7.60. The number of amides is 1. The molecule has 0 aliphatic heterocycles. The number of carbonyl (C=O) groups excluding carboxylic acids is 2. The molecule has 1 aromatic heterocycles. The van der Waals surface area contributed by atoms with Gasteiger partial charge in [-0.2, -0.15) is 13.2 Å². The van der Waals surface area contributed by atoms with Crippen LogP contribution in [-0.2, 0) is 22.2 Å². The zero-order chi connectivity index (χ0) is 21.3. The van der Waals surface area contributed by atoms with Gasteiger partial charge in [0, 0.05) is 12.1 Å². The Balaban J connectivity index is 2.42. The molecular weight excluding hydrogens is 377 g/mol. The van der Waals surface area contributed by atoms with E-state index in [0.29, 0.717) is 12.8 Å². The lowest BCUT2D eigenvalue weighted by molar-refractivity contribution is -0.141. The molecule has 6 nitrogen and oxygen atoms in total. The number of hydrogen-bond donors (Lipinski definition) is 0. The highest BCUT2D eigenvalue weighted by Gasteiger charge is 2.43. The molecule has 0 atom stereocenters. The molecule has 0 radical (unpaired) electrons. The van der Waals surface area contributed by atoms with E-state index in [1.54, 1.807) is 20.8 Å². The van der Waals surface area contributed by atoms with Gasteiger partial charge in [-0.1, -0.05) is 0 Å². The Morgan fingerprint density at radius 1 is 1.21 bits per heavy atom. The Bertz CT molecular complexity index is 753. The van der Waals surface area contributed by atoms with E-state index in [1.165, 1.54) is 11.0 Å². The minimum Gasteiger partial charge on any atom is -0.464 e. The fraction of sp³-hybridized carbons (Fsp3) is 0.632. The molecule has 1 fully saturated rings. The first-order chi connectivity index (χ1) is 12.7. The molecule has 0 saturated heterocycles. The number of methoxy groups -OCH3 is 1.